The molecular weight excluding hydrogens is 286 g/mol. The van der Waals surface area contributed by atoms with E-state index in [2.05, 4.69) is 6.92 Å². The van der Waals surface area contributed by atoms with E-state index in [1.807, 2.05) is 5.06 Å². The topological polar surface area (TPSA) is 32.7 Å². The van der Waals surface area contributed by atoms with Gasteiger partial charge >= 0.3 is 0 Å². The van der Waals surface area contributed by atoms with Crippen molar-refractivity contribution >= 4 is 0 Å². The summed E-state index contributed by atoms with van der Waals surface area (Å²) in [6.45, 7) is 3.16. The quantitative estimate of drug-likeness (QED) is 0.683. The summed E-state index contributed by atoms with van der Waals surface area (Å²) in [5, 5.41) is 13.2. The van der Waals surface area contributed by atoms with E-state index in [1.165, 1.54) is 83.5 Å². The van der Waals surface area contributed by atoms with Crippen LogP contribution in [0.4, 0.5) is 0 Å². The molecule has 3 aliphatic rings. The first-order chi connectivity index (χ1) is 11.2. The summed E-state index contributed by atoms with van der Waals surface area (Å²) in [6.07, 6.45) is 18.6. The number of unbranched alkanes of at least 4 members (excludes halogenated alkanes) is 2. The van der Waals surface area contributed by atoms with Gasteiger partial charge in [-0.05, 0) is 44.9 Å². The standard InChI is InChI=1S/C20H37NO2/c1-2-3-10-15-23-18-16-19(11-6-4-7-12-19)21(22)20(17-18)13-8-5-9-14-20/h18,22H,2-17H2,1H3. The highest BCUT2D eigenvalue weighted by Crippen LogP contribution is 2.51. The highest BCUT2D eigenvalue weighted by molar-refractivity contribution is 5.06. The maximum absolute atomic E-state index is 11.3. The predicted molar refractivity (Wildman–Crippen MR) is 93.8 cm³/mol. The molecule has 3 heteroatoms. The van der Waals surface area contributed by atoms with Crippen LogP contribution >= 0.6 is 0 Å². The van der Waals surface area contributed by atoms with Crippen LogP contribution in [0.1, 0.15) is 103 Å². The van der Waals surface area contributed by atoms with Crippen molar-refractivity contribution in [2.45, 2.75) is 120 Å². The lowest BCUT2D eigenvalue weighted by Crippen LogP contribution is -2.66. The molecule has 0 aromatic heterocycles. The average molecular weight is 324 g/mol. The van der Waals surface area contributed by atoms with Gasteiger partial charge in [-0.3, -0.25) is 0 Å². The maximum Gasteiger partial charge on any atom is 0.0612 e. The molecule has 1 heterocycles. The van der Waals surface area contributed by atoms with Gasteiger partial charge in [0.2, 0.25) is 0 Å². The number of ether oxygens (including phenoxy) is 1. The molecule has 3 nitrogen and oxygen atoms in total. The van der Waals surface area contributed by atoms with Gasteiger partial charge in [-0.15, -0.1) is 0 Å². The fourth-order valence-electron chi connectivity index (χ4n) is 5.57. The Morgan fingerprint density at radius 3 is 1.87 bits per heavy atom. The van der Waals surface area contributed by atoms with E-state index >= 15 is 0 Å². The molecule has 2 aliphatic carbocycles. The van der Waals surface area contributed by atoms with Crippen LogP contribution in [0.2, 0.25) is 0 Å². The first kappa shape index (κ1) is 17.7. The van der Waals surface area contributed by atoms with E-state index in [0.29, 0.717) is 6.10 Å². The number of hydrogen-bond acceptors (Lipinski definition) is 3. The van der Waals surface area contributed by atoms with Crippen molar-refractivity contribution in [1.29, 1.82) is 0 Å². The Kier molecular flexibility index (Phi) is 6.03. The zero-order chi connectivity index (χ0) is 16.2. The van der Waals surface area contributed by atoms with Gasteiger partial charge in [-0.1, -0.05) is 58.3 Å². The minimum atomic E-state index is 0.0171. The lowest BCUT2D eigenvalue weighted by molar-refractivity contribution is -0.294. The Balaban J connectivity index is 1.71. The molecule has 2 spiro atoms. The monoisotopic (exact) mass is 323 g/mol. The molecule has 3 fully saturated rings. The van der Waals surface area contributed by atoms with E-state index in [-0.39, 0.29) is 11.1 Å². The molecule has 0 radical (unpaired) electrons. The lowest BCUT2D eigenvalue weighted by Gasteiger charge is -2.59. The van der Waals surface area contributed by atoms with Crippen LogP contribution in [-0.4, -0.2) is 34.1 Å². The summed E-state index contributed by atoms with van der Waals surface area (Å²) >= 11 is 0. The van der Waals surface area contributed by atoms with Gasteiger partial charge in [-0.25, -0.2) is 0 Å². The maximum atomic E-state index is 11.3. The number of hydrogen-bond donors (Lipinski definition) is 1. The summed E-state index contributed by atoms with van der Waals surface area (Å²) in [4.78, 5) is 0. The number of rotatable bonds is 5. The summed E-state index contributed by atoms with van der Waals surface area (Å²) in [5.41, 5.74) is 0.0343. The van der Waals surface area contributed by atoms with Gasteiger partial charge in [0.05, 0.1) is 6.10 Å². The van der Waals surface area contributed by atoms with Gasteiger partial charge in [0.1, 0.15) is 0 Å². The fourth-order valence-corrected chi connectivity index (χ4v) is 5.57. The average Bonchev–Trinajstić information content (AvgIpc) is 2.58. The molecular formula is C20H37NO2. The van der Waals surface area contributed by atoms with Crippen LogP contribution in [0.25, 0.3) is 0 Å². The second kappa shape index (κ2) is 7.84. The third kappa shape index (κ3) is 3.77. The highest BCUT2D eigenvalue weighted by Gasteiger charge is 2.54. The van der Waals surface area contributed by atoms with Crippen LogP contribution in [0.15, 0.2) is 0 Å². The Morgan fingerprint density at radius 1 is 0.870 bits per heavy atom. The van der Waals surface area contributed by atoms with Crippen molar-refractivity contribution in [3.63, 3.8) is 0 Å². The third-order valence-electron chi connectivity index (χ3n) is 6.78. The Bertz CT molecular complexity index is 331. The predicted octanol–water partition coefficient (Wildman–Crippen LogP) is 5.45. The van der Waals surface area contributed by atoms with E-state index in [9.17, 15) is 5.21 Å². The second-order valence-electron chi connectivity index (χ2n) is 8.49. The SMILES string of the molecule is CCCCCOC1CC2(CCCCC2)N(O)C2(CCCCC2)C1. The van der Waals surface area contributed by atoms with Crippen LogP contribution < -0.4 is 0 Å². The highest BCUT2D eigenvalue weighted by atomic mass is 16.5. The zero-order valence-corrected chi connectivity index (χ0v) is 15.2. The van der Waals surface area contributed by atoms with Crippen molar-refractivity contribution in [2.75, 3.05) is 6.61 Å². The van der Waals surface area contributed by atoms with Crippen LogP contribution in [0.3, 0.4) is 0 Å². The van der Waals surface area contributed by atoms with E-state index in [0.717, 1.165) is 19.4 Å². The molecule has 0 aromatic rings. The number of piperidine rings is 1. The summed E-state index contributed by atoms with van der Waals surface area (Å²) in [6, 6.07) is 0. The van der Waals surface area contributed by atoms with Crippen molar-refractivity contribution in [3.05, 3.63) is 0 Å². The smallest absolute Gasteiger partial charge is 0.0612 e. The molecule has 2 saturated carbocycles. The second-order valence-corrected chi connectivity index (χ2v) is 8.49. The van der Waals surface area contributed by atoms with E-state index in [4.69, 9.17) is 4.74 Å². The molecule has 23 heavy (non-hydrogen) atoms. The Morgan fingerprint density at radius 2 is 1.39 bits per heavy atom. The molecule has 0 unspecified atom stereocenters. The van der Waals surface area contributed by atoms with Gasteiger partial charge < -0.3 is 9.94 Å². The van der Waals surface area contributed by atoms with Crippen molar-refractivity contribution < 1.29 is 9.94 Å². The molecule has 3 rings (SSSR count). The molecule has 1 N–H and O–H groups in total. The summed E-state index contributed by atoms with van der Waals surface area (Å²) in [7, 11) is 0. The van der Waals surface area contributed by atoms with Gasteiger partial charge in [0, 0.05) is 17.7 Å². The zero-order valence-electron chi connectivity index (χ0n) is 15.2. The van der Waals surface area contributed by atoms with Gasteiger partial charge in [0.25, 0.3) is 0 Å². The Labute approximate surface area is 142 Å². The molecule has 1 aliphatic heterocycles. The minimum Gasteiger partial charge on any atom is -0.378 e. The normalized spacial score (nSPS) is 30.8. The minimum absolute atomic E-state index is 0.0171. The largest absolute Gasteiger partial charge is 0.378 e. The van der Waals surface area contributed by atoms with Crippen molar-refractivity contribution in [1.82, 2.24) is 5.06 Å². The molecule has 0 bridgehead atoms. The molecule has 0 aromatic carbocycles. The summed E-state index contributed by atoms with van der Waals surface area (Å²) in [5.74, 6) is 0. The van der Waals surface area contributed by atoms with Gasteiger partial charge in [-0.2, -0.15) is 5.06 Å². The number of nitrogens with zero attached hydrogens (tertiary/aromatic N) is 1. The molecule has 134 valence electrons. The van der Waals surface area contributed by atoms with E-state index < -0.39 is 0 Å². The van der Waals surface area contributed by atoms with E-state index in [1.54, 1.807) is 0 Å². The van der Waals surface area contributed by atoms with Crippen molar-refractivity contribution in [3.8, 4) is 0 Å². The number of hydroxylamine groups is 2. The van der Waals surface area contributed by atoms with Crippen LogP contribution in [0, 0.1) is 0 Å². The van der Waals surface area contributed by atoms with Crippen LogP contribution in [0.5, 0.6) is 0 Å². The lowest BCUT2D eigenvalue weighted by atomic mass is 9.66. The Hall–Kier alpha value is -0.120. The summed E-state index contributed by atoms with van der Waals surface area (Å²) < 4.78 is 6.35. The van der Waals surface area contributed by atoms with Gasteiger partial charge in [0.15, 0.2) is 0 Å². The molecule has 1 saturated heterocycles. The first-order valence-electron chi connectivity index (χ1n) is 10.3. The molecule has 0 amide bonds. The van der Waals surface area contributed by atoms with Crippen LogP contribution in [-0.2, 0) is 4.74 Å². The molecule has 0 atom stereocenters. The fraction of sp³-hybridized carbons (Fsp3) is 1.00. The third-order valence-corrected chi connectivity index (χ3v) is 6.78. The first-order valence-corrected chi connectivity index (χ1v) is 10.3. The van der Waals surface area contributed by atoms with Crippen molar-refractivity contribution in [2.24, 2.45) is 0 Å².